The lowest BCUT2D eigenvalue weighted by atomic mass is 10.1. The largest absolute Gasteiger partial charge is 0.494 e. The second kappa shape index (κ2) is 4.82. The SMILES string of the molecule is COc1ccc(Cl)c2c(C)cc(CC(N)=O)nc12. The molecule has 2 N–H and O–H groups in total. The summed E-state index contributed by atoms with van der Waals surface area (Å²) in [5.74, 6) is 0.214. The number of benzene rings is 1. The van der Waals surface area contributed by atoms with Crippen molar-refractivity contribution >= 4 is 28.4 Å². The summed E-state index contributed by atoms with van der Waals surface area (Å²) in [6, 6.07) is 5.34. The van der Waals surface area contributed by atoms with Crippen molar-refractivity contribution in [3.05, 3.63) is 34.5 Å². The fourth-order valence-corrected chi connectivity index (χ4v) is 2.27. The first kappa shape index (κ1) is 12.6. The fourth-order valence-electron chi connectivity index (χ4n) is 1.97. The Morgan fingerprint density at radius 2 is 2.22 bits per heavy atom. The van der Waals surface area contributed by atoms with E-state index in [9.17, 15) is 4.79 Å². The van der Waals surface area contributed by atoms with Crippen LogP contribution in [0.5, 0.6) is 5.75 Å². The van der Waals surface area contributed by atoms with Gasteiger partial charge in [-0.15, -0.1) is 0 Å². The third kappa shape index (κ3) is 2.24. The van der Waals surface area contributed by atoms with Crippen molar-refractivity contribution in [1.29, 1.82) is 0 Å². The smallest absolute Gasteiger partial charge is 0.223 e. The van der Waals surface area contributed by atoms with Crippen molar-refractivity contribution in [2.45, 2.75) is 13.3 Å². The minimum atomic E-state index is -0.415. The molecule has 1 aromatic carbocycles. The Kier molecular flexibility index (Phi) is 3.39. The molecule has 0 saturated heterocycles. The topological polar surface area (TPSA) is 65.2 Å². The highest BCUT2D eigenvalue weighted by Crippen LogP contribution is 2.32. The number of aromatic nitrogens is 1. The highest BCUT2D eigenvalue weighted by molar-refractivity contribution is 6.35. The number of carbonyl (C=O) groups excluding carboxylic acids is 1. The molecule has 2 rings (SSSR count). The number of aryl methyl sites for hydroxylation is 1. The van der Waals surface area contributed by atoms with Gasteiger partial charge in [-0.25, -0.2) is 4.98 Å². The van der Waals surface area contributed by atoms with Gasteiger partial charge in [0.05, 0.1) is 24.2 Å². The van der Waals surface area contributed by atoms with Gasteiger partial charge in [0.25, 0.3) is 0 Å². The normalized spacial score (nSPS) is 10.6. The molecule has 1 heterocycles. The van der Waals surface area contributed by atoms with Gasteiger partial charge < -0.3 is 10.5 Å². The number of halogens is 1. The molecule has 0 radical (unpaired) electrons. The minimum absolute atomic E-state index is 0.104. The molecule has 2 aromatic rings. The van der Waals surface area contributed by atoms with Gasteiger partial charge in [-0.3, -0.25) is 4.79 Å². The first-order chi connectivity index (χ1) is 8.52. The van der Waals surface area contributed by atoms with E-state index in [4.69, 9.17) is 22.1 Å². The van der Waals surface area contributed by atoms with Crippen molar-refractivity contribution in [3.8, 4) is 5.75 Å². The number of amides is 1. The van der Waals surface area contributed by atoms with Crippen LogP contribution in [0.1, 0.15) is 11.3 Å². The van der Waals surface area contributed by atoms with Gasteiger partial charge in [-0.1, -0.05) is 11.6 Å². The molecule has 0 unspecified atom stereocenters. The Bertz CT molecular complexity index is 626. The molecule has 0 atom stereocenters. The molecule has 0 bridgehead atoms. The van der Waals surface area contributed by atoms with Gasteiger partial charge in [-0.2, -0.15) is 0 Å². The summed E-state index contributed by atoms with van der Waals surface area (Å²) in [6.07, 6.45) is 0.104. The summed E-state index contributed by atoms with van der Waals surface area (Å²) in [7, 11) is 1.57. The Hall–Kier alpha value is -1.81. The standard InChI is InChI=1S/C13H13ClN2O2/c1-7-5-8(6-11(15)17)16-13-10(18-2)4-3-9(14)12(7)13/h3-5H,6H2,1-2H3,(H2,15,17). The summed E-state index contributed by atoms with van der Waals surface area (Å²) in [6.45, 7) is 1.92. The second-order valence-electron chi connectivity index (χ2n) is 4.05. The molecular weight excluding hydrogens is 252 g/mol. The van der Waals surface area contributed by atoms with E-state index < -0.39 is 5.91 Å². The lowest BCUT2D eigenvalue weighted by molar-refractivity contribution is -0.117. The third-order valence-corrected chi connectivity index (χ3v) is 3.01. The van der Waals surface area contributed by atoms with Crippen molar-refractivity contribution in [2.75, 3.05) is 7.11 Å². The maximum Gasteiger partial charge on any atom is 0.223 e. The Labute approximate surface area is 110 Å². The number of primary amides is 1. The number of methoxy groups -OCH3 is 1. The molecule has 1 amide bonds. The number of pyridine rings is 1. The maximum absolute atomic E-state index is 11.0. The number of ether oxygens (including phenoxy) is 1. The van der Waals surface area contributed by atoms with E-state index in [1.54, 1.807) is 19.2 Å². The lowest BCUT2D eigenvalue weighted by Crippen LogP contribution is -2.14. The molecular formula is C13H13ClN2O2. The number of fused-ring (bicyclic) bond motifs is 1. The molecule has 5 heteroatoms. The molecule has 1 aromatic heterocycles. The van der Waals surface area contributed by atoms with Crippen LogP contribution in [0.2, 0.25) is 5.02 Å². The number of nitrogens with two attached hydrogens (primary N) is 1. The number of hydrogen-bond donors (Lipinski definition) is 1. The van der Waals surface area contributed by atoms with Crippen LogP contribution in [0, 0.1) is 6.92 Å². The lowest BCUT2D eigenvalue weighted by Gasteiger charge is -2.10. The van der Waals surface area contributed by atoms with E-state index >= 15 is 0 Å². The van der Waals surface area contributed by atoms with Gasteiger partial charge in [0, 0.05) is 5.39 Å². The van der Waals surface area contributed by atoms with Crippen LogP contribution in [0.15, 0.2) is 18.2 Å². The van der Waals surface area contributed by atoms with E-state index in [-0.39, 0.29) is 6.42 Å². The van der Waals surface area contributed by atoms with Gasteiger partial charge in [0.2, 0.25) is 5.91 Å². The van der Waals surface area contributed by atoms with E-state index in [0.717, 1.165) is 10.9 Å². The quantitative estimate of drug-likeness (QED) is 0.925. The zero-order valence-electron chi connectivity index (χ0n) is 10.2. The van der Waals surface area contributed by atoms with Crippen molar-refractivity contribution in [1.82, 2.24) is 4.98 Å². The molecule has 0 aliphatic heterocycles. The molecule has 0 fully saturated rings. The highest BCUT2D eigenvalue weighted by atomic mass is 35.5. The number of hydrogen-bond acceptors (Lipinski definition) is 3. The van der Waals surface area contributed by atoms with Gasteiger partial charge in [0.15, 0.2) is 0 Å². The predicted octanol–water partition coefficient (Wildman–Crippen LogP) is 2.23. The zero-order valence-corrected chi connectivity index (χ0v) is 10.9. The highest BCUT2D eigenvalue weighted by Gasteiger charge is 2.12. The minimum Gasteiger partial charge on any atom is -0.494 e. The monoisotopic (exact) mass is 264 g/mol. The molecule has 94 valence electrons. The summed E-state index contributed by atoms with van der Waals surface area (Å²) in [4.78, 5) is 15.4. The Morgan fingerprint density at radius 1 is 1.50 bits per heavy atom. The molecule has 0 aliphatic rings. The summed E-state index contributed by atoms with van der Waals surface area (Å²) in [5.41, 5.74) is 7.40. The average molecular weight is 265 g/mol. The fraction of sp³-hybridized carbons (Fsp3) is 0.231. The summed E-state index contributed by atoms with van der Waals surface area (Å²) < 4.78 is 5.26. The molecule has 0 aliphatic carbocycles. The molecule has 0 spiro atoms. The van der Waals surface area contributed by atoms with E-state index in [2.05, 4.69) is 4.98 Å². The first-order valence-electron chi connectivity index (χ1n) is 5.44. The maximum atomic E-state index is 11.0. The van der Waals surface area contributed by atoms with Crippen LogP contribution in [0.4, 0.5) is 0 Å². The molecule has 0 saturated carbocycles. The third-order valence-electron chi connectivity index (χ3n) is 2.70. The van der Waals surface area contributed by atoms with Gasteiger partial charge in [0.1, 0.15) is 11.3 Å². The molecule has 18 heavy (non-hydrogen) atoms. The number of carbonyl (C=O) groups is 1. The van der Waals surface area contributed by atoms with Crippen molar-refractivity contribution in [3.63, 3.8) is 0 Å². The Morgan fingerprint density at radius 3 is 2.83 bits per heavy atom. The van der Waals surface area contributed by atoms with Gasteiger partial charge >= 0.3 is 0 Å². The van der Waals surface area contributed by atoms with Crippen LogP contribution in [0.3, 0.4) is 0 Å². The Balaban J connectivity index is 2.73. The van der Waals surface area contributed by atoms with Gasteiger partial charge in [-0.05, 0) is 30.7 Å². The van der Waals surface area contributed by atoms with Crippen LogP contribution in [-0.2, 0) is 11.2 Å². The average Bonchev–Trinajstić information content (AvgIpc) is 2.28. The predicted molar refractivity (Wildman–Crippen MR) is 70.9 cm³/mol. The zero-order chi connectivity index (χ0) is 13.3. The van der Waals surface area contributed by atoms with E-state index in [1.807, 2.05) is 13.0 Å². The van der Waals surface area contributed by atoms with Crippen LogP contribution >= 0.6 is 11.6 Å². The number of rotatable bonds is 3. The second-order valence-corrected chi connectivity index (χ2v) is 4.45. The molecule has 4 nitrogen and oxygen atoms in total. The van der Waals surface area contributed by atoms with Crippen LogP contribution < -0.4 is 10.5 Å². The first-order valence-corrected chi connectivity index (χ1v) is 5.81. The van der Waals surface area contributed by atoms with Crippen molar-refractivity contribution in [2.24, 2.45) is 5.73 Å². The number of nitrogens with zero attached hydrogens (tertiary/aromatic N) is 1. The summed E-state index contributed by atoms with van der Waals surface area (Å²) in [5, 5.41) is 1.45. The van der Waals surface area contributed by atoms with Crippen LogP contribution in [0.25, 0.3) is 10.9 Å². The van der Waals surface area contributed by atoms with Crippen molar-refractivity contribution < 1.29 is 9.53 Å². The van der Waals surface area contributed by atoms with E-state index in [0.29, 0.717) is 22.0 Å². The summed E-state index contributed by atoms with van der Waals surface area (Å²) >= 11 is 6.16. The van der Waals surface area contributed by atoms with E-state index in [1.165, 1.54) is 0 Å². The van der Waals surface area contributed by atoms with Crippen LogP contribution in [-0.4, -0.2) is 18.0 Å².